The summed E-state index contributed by atoms with van der Waals surface area (Å²) in [6.45, 7) is 1.73. The molecule has 120 valence electrons. The van der Waals surface area contributed by atoms with Gasteiger partial charge in [0.25, 0.3) is 0 Å². The minimum atomic E-state index is -0.814. The fourth-order valence-electron chi connectivity index (χ4n) is 2.26. The van der Waals surface area contributed by atoms with Crippen LogP contribution in [0.4, 0.5) is 0 Å². The average molecular weight is 298 g/mol. The van der Waals surface area contributed by atoms with E-state index in [4.69, 9.17) is 14.3 Å². The standard InChI is InChI=1S/C16H26O5/c1-3-4-5-6-7-8-9-13(18)15-10-14(20-2)12(11-17)16(19)21-15/h10,13,17-18H,3-9,11H2,1-2H3. The van der Waals surface area contributed by atoms with Gasteiger partial charge in [-0.1, -0.05) is 45.4 Å². The molecule has 0 aliphatic heterocycles. The Labute approximate surface area is 125 Å². The third-order valence-corrected chi connectivity index (χ3v) is 3.57. The molecule has 2 N–H and O–H groups in total. The van der Waals surface area contributed by atoms with E-state index in [-0.39, 0.29) is 17.1 Å². The second kappa shape index (κ2) is 9.58. The topological polar surface area (TPSA) is 79.9 Å². The fourth-order valence-corrected chi connectivity index (χ4v) is 2.26. The Kier molecular flexibility index (Phi) is 8.08. The molecule has 0 saturated heterocycles. The van der Waals surface area contributed by atoms with Gasteiger partial charge in [0.2, 0.25) is 0 Å². The van der Waals surface area contributed by atoms with E-state index in [0.29, 0.717) is 6.42 Å². The third kappa shape index (κ3) is 5.52. The number of methoxy groups -OCH3 is 1. The number of hydrogen-bond acceptors (Lipinski definition) is 5. The van der Waals surface area contributed by atoms with E-state index in [0.717, 1.165) is 19.3 Å². The minimum absolute atomic E-state index is 0.0769. The molecule has 5 nitrogen and oxygen atoms in total. The van der Waals surface area contributed by atoms with Gasteiger partial charge in [-0.25, -0.2) is 4.79 Å². The molecule has 1 atom stereocenters. The van der Waals surface area contributed by atoms with Crippen molar-refractivity contribution >= 4 is 0 Å². The van der Waals surface area contributed by atoms with E-state index in [9.17, 15) is 9.90 Å². The van der Waals surface area contributed by atoms with Crippen molar-refractivity contribution in [2.75, 3.05) is 7.11 Å². The lowest BCUT2D eigenvalue weighted by atomic mass is 10.1. The largest absolute Gasteiger partial charge is 0.496 e. The summed E-state index contributed by atoms with van der Waals surface area (Å²) in [5, 5.41) is 19.2. The molecule has 0 radical (unpaired) electrons. The normalized spacial score (nSPS) is 12.4. The highest BCUT2D eigenvalue weighted by Crippen LogP contribution is 2.24. The third-order valence-electron chi connectivity index (χ3n) is 3.57. The molecule has 0 aromatic carbocycles. The summed E-state index contributed by atoms with van der Waals surface area (Å²) in [6.07, 6.45) is 6.54. The zero-order chi connectivity index (χ0) is 15.7. The van der Waals surface area contributed by atoms with E-state index in [1.54, 1.807) is 0 Å². The van der Waals surface area contributed by atoms with Crippen molar-refractivity contribution in [2.45, 2.75) is 64.6 Å². The van der Waals surface area contributed by atoms with Crippen LogP contribution in [0.1, 0.15) is 69.3 Å². The molecular weight excluding hydrogens is 272 g/mol. The second-order valence-corrected chi connectivity index (χ2v) is 5.21. The van der Waals surface area contributed by atoms with Gasteiger partial charge in [0.1, 0.15) is 23.2 Å². The quantitative estimate of drug-likeness (QED) is 0.649. The van der Waals surface area contributed by atoms with Crippen LogP contribution in [-0.4, -0.2) is 17.3 Å². The van der Waals surface area contributed by atoms with Crippen LogP contribution in [0.5, 0.6) is 5.75 Å². The van der Waals surface area contributed by atoms with E-state index in [1.165, 1.54) is 32.4 Å². The van der Waals surface area contributed by atoms with Crippen LogP contribution in [0.25, 0.3) is 0 Å². The first-order chi connectivity index (χ1) is 10.1. The summed E-state index contributed by atoms with van der Waals surface area (Å²) in [5.41, 5.74) is -0.582. The Hall–Kier alpha value is -1.33. The van der Waals surface area contributed by atoms with Gasteiger partial charge in [-0.3, -0.25) is 0 Å². The summed E-state index contributed by atoms with van der Waals surface area (Å²) in [6, 6.07) is 1.48. The lowest BCUT2D eigenvalue weighted by molar-refractivity contribution is 0.130. The summed E-state index contributed by atoms with van der Waals surface area (Å²) < 4.78 is 10.1. The first-order valence-corrected chi connectivity index (χ1v) is 7.63. The van der Waals surface area contributed by atoms with Crippen molar-refractivity contribution in [3.63, 3.8) is 0 Å². The molecule has 5 heteroatoms. The van der Waals surface area contributed by atoms with Crippen LogP contribution < -0.4 is 10.4 Å². The van der Waals surface area contributed by atoms with Gasteiger partial charge in [0.05, 0.1) is 13.7 Å². The van der Waals surface area contributed by atoms with Crippen LogP contribution in [0.3, 0.4) is 0 Å². The maximum Gasteiger partial charge on any atom is 0.345 e. The summed E-state index contributed by atoms with van der Waals surface area (Å²) in [4.78, 5) is 11.7. The maximum atomic E-state index is 11.7. The van der Waals surface area contributed by atoms with Crippen LogP contribution >= 0.6 is 0 Å². The number of rotatable bonds is 10. The molecule has 0 fully saturated rings. The van der Waals surface area contributed by atoms with Gasteiger partial charge < -0.3 is 19.4 Å². The molecule has 1 aromatic rings. The summed E-state index contributed by atoms with van der Waals surface area (Å²) in [5.74, 6) is 0.452. The van der Waals surface area contributed by atoms with Gasteiger partial charge in [0.15, 0.2) is 0 Å². The zero-order valence-corrected chi connectivity index (χ0v) is 12.9. The predicted octanol–water partition coefficient (Wildman–Crippen LogP) is 2.92. The predicted molar refractivity (Wildman–Crippen MR) is 80.4 cm³/mol. The Balaban J connectivity index is 2.56. The van der Waals surface area contributed by atoms with Crippen molar-refractivity contribution in [2.24, 2.45) is 0 Å². The number of ether oxygens (including phenoxy) is 1. The van der Waals surface area contributed by atoms with Gasteiger partial charge in [0, 0.05) is 6.07 Å². The molecule has 1 unspecified atom stereocenters. The number of aliphatic hydroxyl groups excluding tert-OH is 2. The molecular formula is C16H26O5. The number of unbranched alkanes of at least 4 members (excludes halogenated alkanes) is 5. The van der Waals surface area contributed by atoms with Gasteiger partial charge in [-0.15, -0.1) is 0 Å². The number of aliphatic hydroxyl groups is 2. The van der Waals surface area contributed by atoms with Crippen LogP contribution in [0.2, 0.25) is 0 Å². The lowest BCUT2D eigenvalue weighted by Gasteiger charge is -2.12. The van der Waals surface area contributed by atoms with Gasteiger partial charge in [-0.05, 0) is 6.42 Å². The molecule has 1 heterocycles. The highest BCUT2D eigenvalue weighted by atomic mass is 16.5. The Morgan fingerprint density at radius 1 is 1.24 bits per heavy atom. The van der Waals surface area contributed by atoms with E-state index >= 15 is 0 Å². The summed E-state index contributed by atoms with van der Waals surface area (Å²) in [7, 11) is 1.41. The van der Waals surface area contributed by atoms with Crippen molar-refractivity contribution in [1.82, 2.24) is 0 Å². The molecule has 0 aliphatic carbocycles. The highest BCUT2D eigenvalue weighted by Gasteiger charge is 2.16. The monoisotopic (exact) mass is 298 g/mol. The van der Waals surface area contributed by atoms with Gasteiger partial charge in [-0.2, -0.15) is 0 Å². The maximum absolute atomic E-state index is 11.7. The van der Waals surface area contributed by atoms with Crippen LogP contribution in [-0.2, 0) is 6.61 Å². The molecule has 0 spiro atoms. The van der Waals surface area contributed by atoms with Crippen molar-refractivity contribution in [3.8, 4) is 5.75 Å². The number of hydrogen-bond donors (Lipinski definition) is 2. The van der Waals surface area contributed by atoms with E-state index in [2.05, 4.69) is 6.92 Å². The second-order valence-electron chi connectivity index (χ2n) is 5.21. The first-order valence-electron chi connectivity index (χ1n) is 7.63. The minimum Gasteiger partial charge on any atom is -0.496 e. The average Bonchev–Trinajstić information content (AvgIpc) is 2.49. The summed E-state index contributed by atoms with van der Waals surface area (Å²) >= 11 is 0. The molecule has 1 rings (SSSR count). The van der Waals surface area contributed by atoms with Gasteiger partial charge >= 0.3 is 5.63 Å². The molecule has 0 saturated carbocycles. The Morgan fingerprint density at radius 2 is 1.90 bits per heavy atom. The molecule has 1 aromatic heterocycles. The van der Waals surface area contributed by atoms with Crippen molar-refractivity contribution < 1.29 is 19.4 Å². The zero-order valence-electron chi connectivity index (χ0n) is 12.9. The SMILES string of the molecule is CCCCCCCCC(O)c1cc(OC)c(CO)c(=O)o1. The molecule has 0 aliphatic rings. The first kappa shape index (κ1) is 17.7. The van der Waals surface area contributed by atoms with Crippen LogP contribution in [0.15, 0.2) is 15.3 Å². The lowest BCUT2D eigenvalue weighted by Crippen LogP contribution is -2.12. The van der Waals surface area contributed by atoms with Crippen LogP contribution in [0, 0.1) is 0 Å². The van der Waals surface area contributed by atoms with Crippen molar-refractivity contribution in [1.29, 1.82) is 0 Å². The smallest absolute Gasteiger partial charge is 0.345 e. The fraction of sp³-hybridized carbons (Fsp3) is 0.688. The Bertz CT molecular complexity index is 466. The molecule has 21 heavy (non-hydrogen) atoms. The highest BCUT2D eigenvalue weighted by molar-refractivity contribution is 5.31. The Morgan fingerprint density at radius 3 is 2.52 bits per heavy atom. The van der Waals surface area contributed by atoms with E-state index in [1.807, 2.05) is 0 Å². The molecule has 0 amide bonds. The molecule has 0 bridgehead atoms. The van der Waals surface area contributed by atoms with Crippen molar-refractivity contribution in [3.05, 3.63) is 27.8 Å². The van der Waals surface area contributed by atoms with E-state index < -0.39 is 18.3 Å².